The molecule has 2 aromatic carbocycles. The molecule has 4 rings (SSSR count). The molecule has 0 N–H and O–H groups in total. The summed E-state index contributed by atoms with van der Waals surface area (Å²) in [5, 5.41) is 11.0. The number of furan rings is 1. The summed E-state index contributed by atoms with van der Waals surface area (Å²) < 4.78 is 5.40. The lowest BCUT2D eigenvalue weighted by atomic mass is 10.0. The van der Waals surface area contributed by atoms with Gasteiger partial charge in [-0.05, 0) is 29.8 Å². The highest BCUT2D eigenvalue weighted by atomic mass is 16.6. The number of non-ortho nitro benzene ring substituents is 1. The van der Waals surface area contributed by atoms with Crippen LogP contribution in [0.3, 0.4) is 0 Å². The Labute approximate surface area is 159 Å². The fourth-order valence-electron chi connectivity index (χ4n) is 3.20. The predicted molar refractivity (Wildman–Crippen MR) is 103 cm³/mol. The van der Waals surface area contributed by atoms with Gasteiger partial charge >= 0.3 is 0 Å². The van der Waals surface area contributed by atoms with Crippen LogP contribution in [-0.2, 0) is 11.3 Å². The van der Waals surface area contributed by atoms with Gasteiger partial charge in [0, 0.05) is 23.3 Å². The molecule has 0 fully saturated rings. The maximum absolute atomic E-state index is 13.1. The highest BCUT2D eigenvalue weighted by Gasteiger charge is 2.32. The second-order valence-electron chi connectivity index (χ2n) is 6.24. The number of nitro groups is 1. The Kier molecular flexibility index (Phi) is 4.33. The molecule has 1 amide bonds. The van der Waals surface area contributed by atoms with E-state index in [0.29, 0.717) is 28.9 Å². The lowest BCUT2D eigenvalue weighted by Crippen LogP contribution is -2.25. The quantitative estimate of drug-likeness (QED) is 0.290. The van der Waals surface area contributed by atoms with Gasteiger partial charge in [0.25, 0.3) is 11.6 Å². The minimum absolute atomic E-state index is 0.0399. The highest BCUT2D eigenvalue weighted by molar-refractivity contribution is 6.35. The van der Waals surface area contributed by atoms with Crippen LogP contribution >= 0.6 is 0 Å². The summed E-state index contributed by atoms with van der Waals surface area (Å²) in [6.45, 7) is 0.177. The third-order valence-electron chi connectivity index (χ3n) is 4.47. The number of nitrogens with zero attached hydrogens (tertiary/aromatic N) is 2. The van der Waals surface area contributed by atoms with E-state index in [0.717, 1.165) is 5.56 Å². The molecule has 7 nitrogen and oxygen atoms in total. The minimum Gasteiger partial charge on any atom is -0.456 e. The molecule has 0 spiro atoms. The third-order valence-corrected chi connectivity index (χ3v) is 4.47. The van der Waals surface area contributed by atoms with Crippen molar-refractivity contribution < 1.29 is 18.9 Å². The van der Waals surface area contributed by atoms with E-state index in [-0.39, 0.29) is 23.9 Å². The Morgan fingerprint density at radius 3 is 2.64 bits per heavy atom. The van der Waals surface area contributed by atoms with Crippen molar-refractivity contribution in [2.24, 2.45) is 0 Å². The van der Waals surface area contributed by atoms with Gasteiger partial charge < -0.3 is 9.32 Å². The monoisotopic (exact) mass is 374 g/mol. The predicted octanol–water partition coefficient (Wildman–Crippen LogP) is 4.09. The summed E-state index contributed by atoms with van der Waals surface area (Å²) in [6.07, 6.45) is 2.25. The van der Waals surface area contributed by atoms with Crippen molar-refractivity contribution in [3.63, 3.8) is 0 Å². The number of hydrogen-bond acceptors (Lipinski definition) is 5. The van der Waals surface area contributed by atoms with Gasteiger partial charge in [-0.25, -0.2) is 0 Å². The van der Waals surface area contributed by atoms with Gasteiger partial charge in [0.1, 0.15) is 5.76 Å². The number of benzene rings is 2. The fourth-order valence-corrected chi connectivity index (χ4v) is 3.20. The highest BCUT2D eigenvalue weighted by Crippen LogP contribution is 2.38. The summed E-state index contributed by atoms with van der Waals surface area (Å²) >= 11 is 0. The average Bonchev–Trinajstić information content (AvgIpc) is 3.27. The Hall–Kier alpha value is -4.00. The molecule has 138 valence electrons. The van der Waals surface area contributed by atoms with Gasteiger partial charge in [-0.3, -0.25) is 19.7 Å². The SMILES string of the molecule is O=Cc1ccc(CN2C(=O)/C(=C/c3cccc([N+](=O)[O-])c3)c3ccccc32)o1. The van der Waals surface area contributed by atoms with Crippen molar-refractivity contribution >= 4 is 35.2 Å². The van der Waals surface area contributed by atoms with Crippen LogP contribution in [0.25, 0.3) is 11.6 Å². The number of aldehydes is 1. The number of hydrogen-bond donors (Lipinski definition) is 0. The average molecular weight is 374 g/mol. The first-order valence-corrected chi connectivity index (χ1v) is 8.48. The Bertz CT molecular complexity index is 1130. The molecule has 0 atom stereocenters. The van der Waals surface area contributed by atoms with Crippen molar-refractivity contribution in [2.75, 3.05) is 4.90 Å². The molecule has 3 aromatic rings. The van der Waals surface area contributed by atoms with Crippen molar-refractivity contribution in [2.45, 2.75) is 6.54 Å². The van der Waals surface area contributed by atoms with Crippen LogP contribution in [0, 0.1) is 10.1 Å². The molecule has 28 heavy (non-hydrogen) atoms. The molecule has 1 aliphatic rings. The van der Waals surface area contributed by atoms with Gasteiger partial charge in [0.15, 0.2) is 12.0 Å². The Morgan fingerprint density at radius 1 is 1.07 bits per heavy atom. The van der Waals surface area contributed by atoms with Crippen LogP contribution in [-0.4, -0.2) is 17.1 Å². The van der Waals surface area contributed by atoms with E-state index in [1.54, 1.807) is 35.2 Å². The largest absolute Gasteiger partial charge is 0.456 e. The standard InChI is InChI=1S/C21H14N2O5/c24-13-17-9-8-16(28-17)12-22-20-7-2-1-6-18(20)19(21(22)25)11-14-4-3-5-15(10-14)23(26)27/h1-11,13H,12H2/b19-11+. The first-order chi connectivity index (χ1) is 13.6. The molecule has 0 radical (unpaired) electrons. The Morgan fingerprint density at radius 2 is 1.89 bits per heavy atom. The van der Waals surface area contributed by atoms with E-state index in [1.165, 1.54) is 12.1 Å². The van der Waals surface area contributed by atoms with E-state index < -0.39 is 4.92 Å². The normalized spacial score (nSPS) is 14.4. The number of rotatable bonds is 5. The number of carbonyl (C=O) groups is 2. The van der Waals surface area contributed by atoms with Crippen LogP contribution in [0.2, 0.25) is 0 Å². The van der Waals surface area contributed by atoms with Gasteiger partial charge in [-0.15, -0.1) is 0 Å². The van der Waals surface area contributed by atoms with E-state index in [9.17, 15) is 19.7 Å². The molecule has 0 bridgehead atoms. The number of amides is 1. The summed E-state index contributed by atoms with van der Waals surface area (Å²) in [7, 11) is 0. The second-order valence-corrected chi connectivity index (χ2v) is 6.24. The van der Waals surface area contributed by atoms with Crippen LogP contribution in [0.1, 0.15) is 27.4 Å². The summed E-state index contributed by atoms with van der Waals surface area (Å²) in [5.74, 6) is 0.445. The molecular weight excluding hydrogens is 360 g/mol. The molecule has 0 aliphatic carbocycles. The maximum Gasteiger partial charge on any atom is 0.270 e. The van der Waals surface area contributed by atoms with Gasteiger partial charge in [-0.1, -0.05) is 30.3 Å². The lowest BCUT2D eigenvalue weighted by Gasteiger charge is -2.15. The zero-order valence-corrected chi connectivity index (χ0v) is 14.6. The van der Waals surface area contributed by atoms with Gasteiger partial charge in [0.2, 0.25) is 0 Å². The Balaban J connectivity index is 1.73. The second kappa shape index (κ2) is 6.96. The lowest BCUT2D eigenvalue weighted by molar-refractivity contribution is -0.384. The zero-order chi connectivity index (χ0) is 19.7. The summed E-state index contributed by atoms with van der Waals surface area (Å²) in [6, 6.07) is 16.6. The van der Waals surface area contributed by atoms with E-state index >= 15 is 0 Å². The molecular formula is C21H14N2O5. The number of anilines is 1. The van der Waals surface area contributed by atoms with E-state index in [2.05, 4.69) is 0 Å². The molecule has 1 aliphatic heterocycles. The molecule has 0 saturated carbocycles. The van der Waals surface area contributed by atoms with Crippen LogP contribution < -0.4 is 4.90 Å². The zero-order valence-electron chi connectivity index (χ0n) is 14.6. The van der Waals surface area contributed by atoms with Crippen molar-refractivity contribution in [1.29, 1.82) is 0 Å². The number of carbonyl (C=O) groups excluding carboxylic acids is 2. The van der Waals surface area contributed by atoms with Crippen molar-refractivity contribution in [1.82, 2.24) is 0 Å². The van der Waals surface area contributed by atoms with Gasteiger partial charge in [0.05, 0.1) is 17.2 Å². The molecule has 0 saturated heterocycles. The number of para-hydroxylation sites is 1. The first kappa shape index (κ1) is 17.4. The van der Waals surface area contributed by atoms with Gasteiger partial charge in [-0.2, -0.15) is 0 Å². The van der Waals surface area contributed by atoms with Crippen molar-refractivity contribution in [3.8, 4) is 0 Å². The molecule has 0 unspecified atom stereocenters. The topological polar surface area (TPSA) is 93.7 Å². The molecule has 7 heteroatoms. The fraction of sp³-hybridized carbons (Fsp3) is 0.0476. The first-order valence-electron chi connectivity index (χ1n) is 8.48. The van der Waals surface area contributed by atoms with E-state index in [1.807, 2.05) is 24.3 Å². The molecule has 1 aromatic heterocycles. The van der Waals surface area contributed by atoms with E-state index in [4.69, 9.17) is 4.42 Å². The molecule has 2 heterocycles. The third kappa shape index (κ3) is 3.09. The number of nitro benzene ring substituents is 1. The van der Waals surface area contributed by atoms with Crippen LogP contribution in [0.5, 0.6) is 0 Å². The minimum atomic E-state index is -0.472. The smallest absolute Gasteiger partial charge is 0.270 e. The van der Waals surface area contributed by atoms with Crippen LogP contribution in [0.15, 0.2) is 65.1 Å². The van der Waals surface area contributed by atoms with Crippen molar-refractivity contribution in [3.05, 3.63) is 93.4 Å². The maximum atomic E-state index is 13.1. The van der Waals surface area contributed by atoms with Crippen LogP contribution in [0.4, 0.5) is 11.4 Å². The number of fused-ring (bicyclic) bond motifs is 1. The summed E-state index contributed by atoms with van der Waals surface area (Å²) in [4.78, 5) is 36.0. The summed E-state index contributed by atoms with van der Waals surface area (Å²) in [5.41, 5.74) is 2.42.